The van der Waals surface area contributed by atoms with Crippen molar-refractivity contribution in [1.82, 2.24) is 4.98 Å². The molecule has 12 heavy (non-hydrogen) atoms. The summed E-state index contributed by atoms with van der Waals surface area (Å²) in [5, 5.41) is 0. The van der Waals surface area contributed by atoms with Crippen molar-refractivity contribution in [2.24, 2.45) is 0 Å². The zero-order valence-corrected chi connectivity index (χ0v) is 6.42. The molecular weight excluding hydrogens is 164 g/mol. The Kier molecular flexibility index (Phi) is 2.47. The number of aldehydes is 1. The fraction of sp³-hybridized carbons (Fsp3) is 0.250. The predicted molar refractivity (Wildman–Crippen MR) is 39.3 cm³/mol. The van der Waals surface area contributed by atoms with E-state index in [1.165, 1.54) is 13.1 Å². The summed E-state index contributed by atoms with van der Waals surface area (Å²) in [6.07, 6.45) is 0.299. The van der Waals surface area contributed by atoms with E-state index in [0.717, 1.165) is 6.20 Å². The SMILES string of the molecule is Cc1c(C=O)cncc1C(F)F. The first-order valence-electron chi connectivity index (χ1n) is 3.34. The van der Waals surface area contributed by atoms with Gasteiger partial charge in [0.2, 0.25) is 0 Å². The monoisotopic (exact) mass is 171 g/mol. The van der Waals surface area contributed by atoms with E-state index < -0.39 is 6.43 Å². The zero-order valence-electron chi connectivity index (χ0n) is 6.42. The van der Waals surface area contributed by atoms with Crippen molar-refractivity contribution in [3.8, 4) is 0 Å². The summed E-state index contributed by atoms with van der Waals surface area (Å²) in [7, 11) is 0. The molecule has 0 saturated carbocycles. The third-order valence-corrected chi connectivity index (χ3v) is 1.66. The Balaban J connectivity index is 3.22. The van der Waals surface area contributed by atoms with E-state index in [9.17, 15) is 13.6 Å². The van der Waals surface area contributed by atoms with E-state index in [1.54, 1.807) is 0 Å². The molecule has 0 bridgehead atoms. The molecule has 1 aromatic heterocycles. The van der Waals surface area contributed by atoms with Crippen molar-refractivity contribution in [2.75, 3.05) is 0 Å². The molecule has 0 N–H and O–H groups in total. The molecule has 1 heterocycles. The second-order valence-electron chi connectivity index (χ2n) is 2.36. The Bertz CT molecular complexity index is 299. The van der Waals surface area contributed by atoms with E-state index in [0.29, 0.717) is 11.8 Å². The molecule has 0 fully saturated rings. The van der Waals surface area contributed by atoms with Gasteiger partial charge in [0.25, 0.3) is 6.43 Å². The number of alkyl halides is 2. The fourth-order valence-corrected chi connectivity index (χ4v) is 0.897. The van der Waals surface area contributed by atoms with Crippen LogP contribution in [0.2, 0.25) is 0 Å². The summed E-state index contributed by atoms with van der Waals surface area (Å²) < 4.78 is 24.4. The minimum absolute atomic E-state index is 0.181. The maximum atomic E-state index is 12.2. The Morgan fingerprint density at radius 1 is 1.50 bits per heavy atom. The van der Waals surface area contributed by atoms with E-state index >= 15 is 0 Å². The van der Waals surface area contributed by atoms with Crippen LogP contribution in [0.4, 0.5) is 8.78 Å². The van der Waals surface area contributed by atoms with Gasteiger partial charge in [-0.15, -0.1) is 0 Å². The van der Waals surface area contributed by atoms with Crippen LogP contribution in [0.25, 0.3) is 0 Å². The van der Waals surface area contributed by atoms with Crippen LogP contribution in [0, 0.1) is 6.92 Å². The summed E-state index contributed by atoms with van der Waals surface area (Å²) >= 11 is 0. The van der Waals surface area contributed by atoms with Gasteiger partial charge in [-0.3, -0.25) is 9.78 Å². The third kappa shape index (κ3) is 1.47. The largest absolute Gasteiger partial charge is 0.298 e. The lowest BCUT2D eigenvalue weighted by atomic mass is 10.1. The lowest BCUT2D eigenvalue weighted by Gasteiger charge is -2.04. The van der Waals surface area contributed by atoms with Gasteiger partial charge in [0.15, 0.2) is 6.29 Å². The molecule has 64 valence electrons. The van der Waals surface area contributed by atoms with Crippen LogP contribution in [0.15, 0.2) is 12.4 Å². The van der Waals surface area contributed by atoms with Crippen molar-refractivity contribution >= 4 is 6.29 Å². The molecule has 1 aromatic rings. The predicted octanol–water partition coefficient (Wildman–Crippen LogP) is 2.14. The zero-order chi connectivity index (χ0) is 9.14. The van der Waals surface area contributed by atoms with Crippen LogP contribution < -0.4 is 0 Å². The van der Waals surface area contributed by atoms with E-state index in [2.05, 4.69) is 4.98 Å². The molecular formula is C8H7F2NO. The first-order chi connectivity index (χ1) is 5.66. The average Bonchev–Trinajstić information content (AvgIpc) is 2.04. The number of hydrogen-bond acceptors (Lipinski definition) is 2. The molecule has 0 aromatic carbocycles. The highest BCUT2D eigenvalue weighted by atomic mass is 19.3. The quantitative estimate of drug-likeness (QED) is 0.638. The standard InChI is InChI=1S/C8H7F2NO/c1-5-6(4-12)2-11-3-7(5)8(9)10/h2-4,8H,1H3. The van der Waals surface area contributed by atoms with Crippen LogP contribution in [-0.4, -0.2) is 11.3 Å². The number of nitrogens with zero attached hydrogens (tertiary/aromatic N) is 1. The van der Waals surface area contributed by atoms with Crippen molar-refractivity contribution in [3.05, 3.63) is 29.1 Å². The highest BCUT2D eigenvalue weighted by Crippen LogP contribution is 2.22. The maximum absolute atomic E-state index is 12.2. The average molecular weight is 171 g/mol. The van der Waals surface area contributed by atoms with Crippen molar-refractivity contribution in [1.29, 1.82) is 0 Å². The minimum atomic E-state index is -2.57. The van der Waals surface area contributed by atoms with Gasteiger partial charge in [0.05, 0.1) is 0 Å². The number of hydrogen-bond donors (Lipinski definition) is 0. The van der Waals surface area contributed by atoms with Crippen molar-refractivity contribution < 1.29 is 13.6 Å². The van der Waals surface area contributed by atoms with Crippen LogP contribution in [-0.2, 0) is 0 Å². The smallest absolute Gasteiger partial charge is 0.265 e. The molecule has 0 radical (unpaired) electrons. The van der Waals surface area contributed by atoms with Crippen molar-refractivity contribution in [2.45, 2.75) is 13.3 Å². The number of carbonyl (C=O) groups excluding carboxylic acids is 1. The Hall–Kier alpha value is -1.32. The number of pyridine rings is 1. The summed E-state index contributed by atoms with van der Waals surface area (Å²) in [6.45, 7) is 1.48. The molecule has 0 saturated heterocycles. The number of halogens is 2. The second-order valence-corrected chi connectivity index (χ2v) is 2.36. The van der Waals surface area contributed by atoms with Crippen LogP contribution in [0.5, 0.6) is 0 Å². The van der Waals surface area contributed by atoms with Gasteiger partial charge in [0, 0.05) is 23.5 Å². The molecule has 0 aliphatic rings. The number of rotatable bonds is 2. The summed E-state index contributed by atoms with van der Waals surface area (Å²) in [4.78, 5) is 13.8. The molecule has 0 spiro atoms. The first-order valence-corrected chi connectivity index (χ1v) is 3.34. The highest BCUT2D eigenvalue weighted by molar-refractivity contribution is 5.77. The second kappa shape index (κ2) is 3.38. The minimum Gasteiger partial charge on any atom is -0.298 e. The topological polar surface area (TPSA) is 30.0 Å². The summed E-state index contributed by atoms with van der Waals surface area (Å²) in [6, 6.07) is 0. The van der Waals surface area contributed by atoms with E-state index in [1.807, 2.05) is 0 Å². The summed E-state index contributed by atoms with van der Waals surface area (Å²) in [5.41, 5.74) is 0.336. The molecule has 0 atom stereocenters. The van der Waals surface area contributed by atoms with E-state index in [-0.39, 0.29) is 11.1 Å². The Morgan fingerprint density at radius 3 is 2.67 bits per heavy atom. The van der Waals surface area contributed by atoms with Gasteiger partial charge in [0.1, 0.15) is 0 Å². The lowest BCUT2D eigenvalue weighted by Crippen LogP contribution is -1.96. The van der Waals surface area contributed by atoms with Crippen LogP contribution in [0.3, 0.4) is 0 Å². The normalized spacial score (nSPS) is 10.3. The van der Waals surface area contributed by atoms with Gasteiger partial charge in [-0.1, -0.05) is 0 Å². The van der Waals surface area contributed by atoms with Crippen LogP contribution in [0.1, 0.15) is 27.9 Å². The van der Waals surface area contributed by atoms with Crippen LogP contribution >= 0.6 is 0 Å². The fourth-order valence-electron chi connectivity index (χ4n) is 0.897. The lowest BCUT2D eigenvalue weighted by molar-refractivity contribution is 0.112. The number of aromatic nitrogens is 1. The van der Waals surface area contributed by atoms with Gasteiger partial charge >= 0.3 is 0 Å². The Morgan fingerprint density at radius 2 is 2.17 bits per heavy atom. The molecule has 0 unspecified atom stereocenters. The van der Waals surface area contributed by atoms with Gasteiger partial charge < -0.3 is 0 Å². The summed E-state index contributed by atoms with van der Waals surface area (Å²) in [5.74, 6) is 0. The molecule has 0 amide bonds. The van der Waals surface area contributed by atoms with Gasteiger partial charge in [-0.25, -0.2) is 8.78 Å². The van der Waals surface area contributed by atoms with Crippen molar-refractivity contribution in [3.63, 3.8) is 0 Å². The highest BCUT2D eigenvalue weighted by Gasteiger charge is 2.12. The number of carbonyl (C=O) groups is 1. The molecule has 0 aliphatic carbocycles. The first kappa shape index (κ1) is 8.77. The molecule has 0 aliphatic heterocycles. The third-order valence-electron chi connectivity index (χ3n) is 1.66. The van der Waals surface area contributed by atoms with Gasteiger partial charge in [-0.05, 0) is 12.5 Å². The molecule has 1 rings (SSSR count). The van der Waals surface area contributed by atoms with E-state index in [4.69, 9.17) is 0 Å². The Labute approximate surface area is 68.2 Å². The van der Waals surface area contributed by atoms with Gasteiger partial charge in [-0.2, -0.15) is 0 Å². The molecule has 2 nitrogen and oxygen atoms in total. The molecule has 4 heteroatoms. The maximum Gasteiger partial charge on any atom is 0.265 e.